The molecule has 4 heterocycles. The molecule has 0 bridgehead atoms. The van der Waals surface area contributed by atoms with E-state index in [1.54, 1.807) is 49.6 Å². The summed E-state index contributed by atoms with van der Waals surface area (Å²) in [5.41, 5.74) is 3.86. The van der Waals surface area contributed by atoms with Crippen LogP contribution in [0, 0.1) is 11.7 Å². The SMILES string of the molecule is CC(=O)CC1CCN(Cc2ccc(-c3noc(-c4nnn(-c5ccccc5F)c4-c4ccncc4)n3)cc2)CC1. The van der Waals surface area contributed by atoms with Gasteiger partial charge in [0.1, 0.15) is 23.0 Å². The molecule has 0 atom stereocenters. The maximum atomic E-state index is 14.7. The molecule has 0 unspecified atom stereocenters. The first-order chi connectivity index (χ1) is 19.5. The molecule has 0 radical (unpaired) electrons. The van der Waals surface area contributed by atoms with E-state index in [1.165, 1.54) is 16.3 Å². The first-order valence-electron chi connectivity index (χ1n) is 13.3. The molecule has 0 N–H and O–H groups in total. The monoisotopic (exact) mass is 537 g/mol. The van der Waals surface area contributed by atoms with Crippen LogP contribution in [0.25, 0.3) is 39.9 Å². The Hall–Kier alpha value is -4.57. The molecule has 1 saturated heterocycles. The molecule has 5 aromatic rings. The van der Waals surface area contributed by atoms with Crippen molar-refractivity contribution in [2.75, 3.05) is 13.1 Å². The van der Waals surface area contributed by atoms with Crippen molar-refractivity contribution >= 4 is 5.78 Å². The van der Waals surface area contributed by atoms with E-state index in [4.69, 9.17) is 4.52 Å². The van der Waals surface area contributed by atoms with Crippen LogP contribution in [0.15, 0.2) is 77.6 Å². The third-order valence-corrected chi connectivity index (χ3v) is 7.23. The normalized spacial score (nSPS) is 14.4. The number of rotatable bonds is 8. The zero-order chi connectivity index (χ0) is 27.5. The summed E-state index contributed by atoms with van der Waals surface area (Å²) in [5.74, 6) is 0.966. The number of Topliss-reactive ketones (excluding diaryl/α,β-unsaturated/α-hetero) is 1. The number of ketones is 1. The Labute approximate surface area is 230 Å². The van der Waals surface area contributed by atoms with Crippen LogP contribution in [0.3, 0.4) is 0 Å². The molecule has 0 saturated carbocycles. The summed E-state index contributed by atoms with van der Waals surface area (Å²) in [7, 11) is 0. The van der Waals surface area contributed by atoms with Crippen LogP contribution in [0.5, 0.6) is 0 Å². The van der Waals surface area contributed by atoms with Gasteiger partial charge in [0.15, 0.2) is 5.69 Å². The van der Waals surface area contributed by atoms with Gasteiger partial charge in [-0.25, -0.2) is 9.07 Å². The third kappa shape index (κ3) is 5.43. The Morgan fingerprint density at radius 2 is 1.75 bits per heavy atom. The third-order valence-electron chi connectivity index (χ3n) is 7.23. The molecule has 202 valence electrons. The van der Waals surface area contributed by atoms with Crippen molar-refractivity contribution in [1.29, 1.82) is 0 Å². The van der Waals surface area contributed by atoms with Crippen LogP contribution in [-0.2, 0) is 11.3 Å². The van der Waals surface area contributed by atoms with Gasteiger partial charge in [0.25, 0.3) is 5.89 Å². The standard InChI is InChI=1S/C30H28FN7O2/c1-20(39)18-21-12-16-37(17-13-21)19-22-6-8-24(9-7-22)29-33-30(40-35-29)27-28(23-10-14-32-15-11-23)38(36-34-27)26-5-3-2-4-25(26)31/h2-11,14-15,21H,12-13,16-19H2,1H3. The fourth-order valence-corrected chi connectivity index (χ4v) is 5.20. The lowest BCUT2D eigenvalue weighted by Crippen LogP contribution is -2.33. The fourth-order valence-electron chi connectivity index (χ4n) is 5.20. The summed E-state index contributed by atoms with van der Waals surface area (Å²) in [6.45, 7) is 4.54. The molecule has 10 heteroatoms. The average molecular weight is 538 g/mol. The number of aromatic nitrogens is 6. The van der Waals surface area contributed by atoms with Crippen molar-refractivity contribution < 1.29 is 13.7 Å². The number of likely N-dealkylation sites (tertiary alicyclic amines) is 1. The van der Waals surface area contributed by atoms with Crippen LogP contribution in [0.4, 0.5) is 4.39 Å². The van der Waals surface area contributed by atoms with Gasteiger partial charge in [-0.15, -0.1) is 5.10 Å². The number of hydrogen-bond acceptors (Lipinski definition) is 8. The molecule has 6 rings (SSSR count). The zero-order valence-electron chi connectivity index (χ0n) is 22.1. The molecule has 3 aromatic heterocycles. The predicted molar refractivity (Wildman–Crippen MR) is 147 cm³/mol. The highest BCUT2D eigenvalue weighted by atomic mass is 19.1. The number of pyridine rings is 1. The first-order valence-corrected chi connectivity index (χ1v) is 13.3. The van der Waals surface area contributed by atoms with E-state index >= 15 is 0 Å². The summed E-state index contributed by atoms with van der Waals surface area (Å²) in [6.07, 6.45) is 6.11. The quantitative estimate of drug-likeness (QED) is 0.260. The smallest absolute Gasteiger partial charge is 0.281 e. The number of hydrogen-bond donors (Lipinski definition) is 0. The molecule has 0 amide bonds. The van der Waals surface area contributed by atoms with Crippen molar-refractivity contribution in [2.24, 2.45) is 5.92 Å². The van der Waals surface area contributed by atoms with E-state index in [-0.39, 0.29) is 17.4 Å². The van der Waals surface area contributed by atoms with Crippen LogP contribution in [-0.4, -0.2) is 53.9 Å². The van der Waals surface area contributed by atoms with E-state index in [1.807, 2.05) is 12.1 Å². The van der Waals surface area contributed by atoms with Crippen molar-refractivity contribution in [3.8, 4) is 39.9 Å². The van der Waals surface area contributed by atoms with Gasteiger partial charge in [-0.05, 0) is 68.6 Å². The van der Waals surface area contributed by atoms with E-state index in [0.717, 1.165) is 43.6 Å². The molecule has 0 spiro atoms. The molecular weight excluding hydrogens is 509 g/mol. The molecule has 9 nitrogen and oxygen atoms in total. The number of carbonyl (C=O) groups is 1. The Morgan fingerprint density at radius 3 is 2.48 bits per heavy atom. The van der Waals surface area contributed by atoms with E-state index < -0.39 is 5.82 Å². The van der Waals surface area contributed by atoms with Gasteiger partial charge in [0, 0.05) is 36.5 Å². The highest BCUT2D eigenvalue weighted by Crippen LogP contribution is 2.33. The molecule has 40 heavy (non-hydrogen) atoms. The molecule has 1 aliphatic rings. The van der Waals surface area contributed by atoms with Gasteiger partial charge >= 0.3 is 0 Å². The van der Waals surface area contributed by atoms with Crippen molar-refractivity contribution in [3.63, 3.8) is 0 Å². The Kier molecular flexibility index (Phi) is 7.24. The summed E-state index contributed by atoms with van der Waals surface area (Å²) in [4.78, 5) is 22.5. The summed E-state index contributed by atoms with van der Waals surface area (Å²) < 4.78 is 21.7. The van der Waals surface area contributed by atoms with Gasteiger partial charge in [-0.3, -0.25) is 9.88 Å². The minimum absolute atomic E-state index is 0.182. The lowest BCUT2D eigenvalue weighted by molar-refractivity contribution is -0.118. The molecule has 1 aliphatic heterocycles. The van der Waals surface area contributed by atoms with Crippen molar-refractivity contribution in [1.82, 2.24) is 35.0 Å². The number of carbonyl (C=O) groups excluding carboxylic acids is 1. The molecule has 0 aliphatic carbocycles. The van der Waals surface area contributed by atoms with Crippen LogP contribution < -0.4 is 0 Å². The first kappa shape index (κ1) is 25.7. The van der Waals surface area contributed by atoms with Gasteiger partial charge < -0.3 is 9.32 Å². The average Bonchev–Trinajstić information content (AvgIpc) is 3.63. The second-order valence-corrected chi connectivity index (χ2v) is 10.1. The second kappa shape index (κ2) is 11.3. The van der Waals surface area contributed by atoms with Crippen LogP contribution >= 0.6 is 0 Å². The molecule has 1 fully saturated rings. The maximum absolute atomic E-state index is 14.7. The number of benzene rings is 2. The molecule has 2 aromatic carbocycles. The Bertz CT molecular complexity index is 1610. The van der Waals surface area contributed by atoms with Gasteiger partial charge in [0.2, 0.25) is 5.82 Å². The minimum atomic E-state index is -0.430. The largest absolute Gasteiger partial charge is 0.332 e. The van der Waals surface area contributed by atoms with Crippen molar-refractivity contribution in [3.05, 3.63) is 84.4 Å². The number of halogens is 1. The van der Waals surface area contributed by atoms with E-state index in [2.05, 4.69) is 42.5 Å². The highest BCUT2D eigenvalue weighted by molar-refractivity contribution is 5.76. The van der Waals surface area contributed by atoms with E-state index in [0.29, 0.717) is 29.6 Å². The summed E-state index contributed by atoms with van der Waals surface area (Å²) >= 11 is 0. The maximum Gasteiger partial charge on any atom is 0.281 e. The minimum Gasteiger partial charge on any atom is -0.332 e. The highest BCUT2D eigenvalue weighted by Gasteiger charge is 2.24. The number of para-hydroxylation sites is 1. The lowest BCUT2D eigenvalue weighted by Gasteiger charge is -2.31. The fraction of sp³-hybridized carbons (Fsp3) is 0.267. The number of nitrogens with zero attached hydrogens (tertiary/aromatic N) is 7. The Morgan fingerprint density at radius 1 is 1.00 bits per heavy atom. The summed E-state index contributed by atoms with van der Waals surface area (Å²) in [5, 5.41) is 12.7. The Balaban J connectivity index is 1.22. The number of piperidine rings is 1. The molecular formula is C30H28FN7O2. The van der Waals surface area contributed by atoms with Gasteiger partial charge in [-0.2, -0.15) is 4.98 Å². The zero-order valence-corrected chi connectivity index (χ0v) is 22.1. The predicted octanol–water partition coefficient (Wildman–Crippen LogP) is 5.38. The van der Waals surface area contributed by atoms with Crippen LogP contribution in [0.2, 0.25) is 0 Å². The van der Waals surface area contributed by atoms with Crippen LogP contribution in [0.1, 0.15) is 31.7 Å². The van der Waals surface area contributed by atoms with E-state index in [9.17, 15) is 9.18 Å². The van der Waals surface area contributed by atoms with Gasteiger partial charge in [0.05, 0.1) is 0 Å². The lowest BCUT2D eigenvalue weighted by atomic mass is 9.92. The summed E-state index contributed by atoms with van der Waals surface area (Å²) in [6, 6.07) is 18.1. The second-order valence-electron chi connectivity index (χ2n) is 10.1. The van der Waals surface area contributed by atoms with Gasteiger partial charge in [-0.1, -0.05) is 46.8 Å². The van der Waals surface area contributed by atoms with Crippen molar-refractivity contribution in [2.45, 2.75) is 32.7 Å². The topological polar surface area (TPSA) is 103 Å².